The molecule has 0 bridgehead atoms. The van der Waals surface area contributed by atoms with Gasteiger partial charge in [0.1, 0.15) is 10.8 Å². The number of benzene rings is 2. The standard InChI is InChI=1S/C18H16ClNOS/c1-2-11-21-14-9-7-13(8-10-14)17-12-22-18(20-17)15-5-3-4-6-16(15)19/h3-10,12H,2,11H2,1H3. The molecule has 0 saturated heterocycles. The number of hydrogen-bond donors (Lipinski definition) is 0. The Hall–Kier alpha value is -1.84. The molecule has 0 aliphatic heterocycles. The van der Waals surface area contributed by atoms with Gasteiger partial charge in [-0.15, -0.1) is 11.3 Å². The highest BCUT2D eigenvalue weighted by Crippen LogP contribution is 2.33. The van der Waals surface area contributed by atoms with Crippen molar-refractivity contribution in [2.75, 3.05) is 6.61 Å². The van der Waals surface area contributed by atoms with Crippen LogP contribution in [-0.2, 0) is 0 Å². The number of thiazole rings is 1. The monoisotopic (exact) mass is 329 g/mol. The van der Waals surface area contributed by atoms with Crippen LogP contribution in [0.2, 0.25) is 5.02 Å². The molecule has 0 fully saturated rings. The van der Waals surface area contributed by atoms with Gasteiger partial charge in [0.05, 0.1) is 17.3 Å². The van der Waals surface area contributed by atoms with E-state index < -0.39 is 0 Å². The fourth-order valence-electron chi connectivity index (χ4n) is 2.11. The second-order valence-electron chi connectivity index (χ2n) is 4.89. The van der Waals surface area contributed by atoms with Crippen molar-refractivity contribution in [1.82, 2.24) is 4.98 Å². The third-order valence-electron chi connectivity index (χ3n) is 3.23. The summed E-state index contributed by atoms with van der Waals surface area (Å²) in [5, 5.41) is 3.72. The summed E-state index contributed by atoms with van der Waals surface area (Å²) < 4.78 is 5.60. The lowest BCUT2D eigenvalue weighted by molar-refractivity contribution is 0.317. The Kier molecular flexibility index (Phi) is 4.76. The summed E-state index contributed by atoms with van der Waals surface area (Å²) in [7, 11) is 0. The highest BCUT2D eigenvalue weighted by atomic mass is 35.5. The van der Waals surface area contributed by atoms with Crippen molar-refractivity contribution in [3.8, 4) is 27.6 Å². The zero-order chi connectivity index (χ0) is 15.4. The van der Waals surface area contributed by atoms with E-state index in [2.05, 4.69) is 12.3 Å². The first-order valence-electron chi connectivity index (χ1n) is 7.21. The fourth-order valence-corrected chi connectivity index (χ4v) is 3.26. The van der Waals surface area contributed by atoms with Gasteiger partial charge in [-0.05, 0) is 36.8 Å². The molecule has 2 nitrogen and oxygen atoms in total. The Bertz CT molecular complexity index is 752. The van der Waals surface area contributed by atoms with E-state index in [4.69, 9.17) is 21.3 Å². The van der Waals surface area contributed by atoms with Crippen LogP contribution in [0.5, 0.6) is 5.75 Å². The smallest absolute Gasteiger partial charge is 0.125 e. The van der Waals surface area contributed by atoms with Crippen LogP contribution in [0, 0.1) is 0 Å². The highest BCUT2D eigenvalue weighted by Gasteiger charge is 2.09. The maximum Gasteiger partial charge on any atom is 0.125 e. The number of halogens is 1. The minimum Gasteiger partial charge on any atom is -0.494 e. The molecule has 2 aromatic carbocycles. The van der Waals surface area contributed by atoms with Crippen LogP contribution < -0.4 is 4.74 Å². The molecule has 1 aromatic heterocycles. The summed E-state index contributed by atoms with van der Waals surface area (Å²) in [5.74, 6) is 0.896. The molecule has 0 amide bonds. The van der Waals surface area contributed by atoms with Crippen LogP contribution in [0.25, 0.3) is 21.8 Å². The van der Waals surface area contributed by atoms with Gasteiger partial charge in [0, 0.05) is 16.5 Å². The second-order valence-corrected chi connectivity index (χ2v) is 6.16. The van der Waals surface area contributed by atoms with Crippen LogP contribution in [0.1, 0.15) is 13.3 Å². The van der Waals surface area contributed by atoms with E-state index in [1.54, 1.807) is 11.3 Å². The summed E-state index contributed by atoms with van der Waals surface area (Å²) in [6, 6.07) is 15.8. The first kappa shape index (κ1) is 15.1. The van der Waals surface area contributed by atoms with Gasteiger partial charge in [-0.2, -0.15) is 0 Å². The van der Waals surface area contributed by atoms with E-state index in [-0.39, 0.29) is 0 Å². The van der Waals surface area contributed by atoms with Crippen molar-refractivity contribution in [2.24, 2.45) is 0 Å². The van der Waals surface area contributed by atoms with E-state index in [0.717, 1.165) is 45.6 Å². The first-order valence-corrected chi connectivity index (χ1v) is 8.47. The molecular weight excluding hydrogens is 314 g/mol. The second kappa shape index (κ2) is 6.95. The normalized spacial score (nSPS) is 10.6. The van der Waals surface area contributed by atoms with Crippen LogP contribution in [0.15, 0.2) is 53.9 Å². The average Bonchev–Trinajstić information content (AvgIpc) is 3.03. The van der Waals surface area contributed by atoms with Gasteiger partial charge in [-0.25, -0.2) is 4.98 Å². The predicted molar refractivity (Wildman–Crippen MR) is 93.8 cm³/mol. The van der Waals surface area contributed by atoms with Gasteiger partial charge in [0.15, 0.2) is 0 Å². The number of nitrogens with zero attached hydrogens (tertiary/aromatic N) is 1. The summed E-state index contributed by atoms with van der Waals surface area (Å²) in [5.41, 5.74) is 3.02. The maximum atomic E-state index is 6.23. The predicted octanol–water partition coefficient (Wildman–Crippen LogP) is 5.92. The van der Waals surface area contributed by atoms with Crippen molar-refractivity contribution in [3.05, 3.63) is 58.9 Å². The van der Waals surface area contributed by atoms with E-state index in [0.29, 0.717) is 0 Å². The minimum atomic E-state index is 0.728. The van der Waals surface area contributed by atoms with Crippen LogP contribution in [-0.4, -0.2) is 11.6 Å². The Morgan fingerprint density at radius 3 is 2.59 bits per heavy atom. The number of hydrogen-bond acceptors (Lipinski definition) is 3. The van der Waals surface area contributed by atoms with E-state index >= 15 is 0 Å². The third-order valence-corrected chi connectivity index (χ3v) is 4.44. The van der Waals surface area contributed by atoms with Gasteiger partial charge >= 0.3 is 0 Å². The number of rotatable bonds is 5. The molecule has 0 saturated carbocycles. The molecule has 0 aliphatic rings. The lowest BCUT2D eigenvalue weighted by atomic mass is 10.1. The van der Waals surface area contributed by atoms with Gasteiger partial charge in [-0.3, -0.25) is 0 Å². The molecule has 0 atom stereocenters. The summed E-state index contributed by atoms with van der Waals surface area (Å²) in [4.78, 5) is 4.70. The molecule has 3 rings (SSSR count). The molecule has 112 valence electrons. The SMILES string of the molecule is CCCOc1ccc(-c2csc(-c3ccccc3Cl)n2)cc1. The Morgan fingerprint density at radius 2 is 1.86 bits per heavy atom. The van der Waals surface area contributed by atoms with Crippen molar-refractivity contribution in [1.29, 1.82) is 0 Å². The summed E-state index contributed by atoms with van der Waals surface area (Å²) >= 11 is 7.84. The number of ether oxygens (including phenoxy) is 1. The molecule has 4 heteroatoms. The number of aromatic nitrogens is 1. The van der Waals surface area contributed by atoms with Crippen molar-refractivity contribution in [2.45, 2.75) is 13.3 Å². The fraction of sp³-hybridized carbons (Fsp3) is 0.167. The van der Waals surface area contributed by atoms with E-state index in [9.17, 15) is 0 Å². The summed E-state index contributed by atoms with van der Waals surface area (Å²) in [6.07, 6.45) is 1.01. The average molecular weight is 330 g/mol. The molecule has 3 aromatic rings. The van der Waals surface area contributed by atoms with Crippen molar-refractivity contribution in [3.63, 3.8) is 0 Å². The van der Waals surface area contributed by atoms with Gasteiger partial charge in [0.2, 0.25) is 0 Å². The highest BCUT2D eigenvalue weighted by molar-refractivity contribution is 7.13. The lowest BCUT2D eigenvalue weighted by Crippen LogP contribution is -1.94. The molecular formula is C18H16ClNOS. The van der Waals surface area contributed by atoms with Gasteiger partial charge in [0.25, 0.3) is 0 Å². The Balaban J connectivity index is 1.83. The lowest BCUT2D eigenvalue weighted by Gasteiger charge is -2.04. The van der Waals surface area contributed by atoms with Gasteiger partial charge in [-0.1, -0.05) is 36.7 Å². The zero-order valence-corrected chi connectivity index (χ0v) is 13.8. The maximum absolute atomic E-state index is 6.23. The van der Waals surface area contributed by atoms with Crippen LogP contribution >= 0.6 is 22.9 Å². The van der Waals surface area contributed by atoms with Crippen LogP contribution in [0.3, 0.4) is 0 Å². The van der Waals surface area contributed by atoms with Gasteiger partial charge < -0.3 is 4.74 Å². The molecule has 0 unspecified atom stereocenters. The van der Waals surface area contributed by atoms with Crippen LogP contribution in [0.4, 0.5) is 0 Å². The molecule has 0 aliphatic carbocycles. The van der Waals surface area contributed by atoms with Crippen molar-refractivity contribution >= 4 is 22.9 Å². The van der Waals surface area contributed by atoms with E-state index in [1.807, 2.05) is 48.5 Å². The third kappa shape index (κ3) is 3.32. The van der Waals surface area contributed by atoms with E-state index in [1.165, 1.54) is 0 Å². The molecule has 0 spiro atoms. The summed E-state index contributed by atoms with van der Waals surface area (Å²) in [6.45, 7) is 2.84. The zero-order valence-electron chi connectivity index (χ0n) is 12.3. The quantitative estimate of drug-likeness (QED) is 0.579. The molecule has 0 N–H and O–H groups in total. The largest absolute Gasteiger partial charge is 0.494 e. The Morgan fingerprint density at radius 1 is 1.09 bits per heavy atom. The Labute approximate surface area is 139 Å². The molecule has 22 heavy (non-hydrogen) atoms. The molecule has 1 heterocycles. The van der Waals surface area contributed by atoms with Crippen molar-refractivity contribution < 1.29 is 4.74 Å². The first-order chi connectivity index (χ1) is 10.8. The topological polar surface area (TPSA) is 22.1 Å². The minimum absolute atomic E-state index is 0.728. The molecule has 0 radical (unpaired) electrons.